The summed E-state index contributed by atoms with van der Waals surface area (Å²) in [5.41, 5.74) is 0. The number of hydrogen-bond acceptors (Lipinski definition) is 4. The SMILES string of the molecule is CS(=O)(=O)c1cccc(OCCOc2cccc(F)c2)c1. The van der Waals surface area contributed by atoms with Gasteiger partial charge in [0.25, 0.3) is 0 Å². The van der Waals surface area contributed by atoms with Gasteiger partial charge in [0.15, 0.2) is 9.84 Å². The predicted molar refractivity (Wildman–Crippen MR) is 76.9 cm³/mol. The van der Waals surface area contributed by atoms with Crippen molar-refractivity contribution in [2.45, 2.75) is 4.90 Å². The molecule has 0 heterocycles. The van der Waals surface area contributed by atoms with Crippen LogP contribution in [0.2, 0.25) is 0 Å². The molecule has 4 nitrogen and oxygen atoms in total. The first-order chi connectivity index (χ1) is 9.95. The number of sulfone groups is 1. The quantitative estimate of drug-likeness (QED) is 0.770. The van der Waals surface area contributed by atoms with Crippen LogP contribution < -0.4 is 9.47 Å². The molecule has 0 aliphatic rings. The smallest absolute Gasteiger partial charge is 0.175 e. The van der Waals surface area contributed by atoms with Crippen molar-refractivity contribution < 1.29 is 22.3 Å². The molecule has 0 aliphatic carbocycles. The van der Waals surface area contributed by atoms with Crippen molar-refractivity contribution in [1.29, 1.82) is 0 Å². The van der Waals surface area contributed by atoms with Crippen LogP contribution >= 0.6 is 0 Å². The second-order valence-electron chi connectivity index (χ2n) is 4.40. The van der Waals surface area contributed by atoms with Crippen LogP contribution in [0.1, 0.15) is 0 Å². The van der Waals surface area contributed by atoms with E-state index in [0.717, 1.165) is 6.26 Å². The third-order valence-corrected chi connectivity index (χ3v) is 3.76. The molecule has 0 spiro atoms. The van der Waals surface area contributed by atoms with Gasteiger partial charge in [-0.1, -0.05) is 12.1 Å². The zero-order valence-corrected chi connectivity index (χ0v) is 12.3. The first kappa shape index (κ1) is 15.3. The lowest BCUT2D eigenvalue weighted by molar-refractivity contribution is 0.216. The lowest BCUT2D eigenvalue weighted by Crippen LogP contribution is -2.09. The highest BCUT2D eigenvalue weighted by Gasteiger charge is 2.07. The first-order valence-corrected chi connectivity index (χ1v) is 8.15. The highest BCUT2D eigenvalue weighted by Crippen LogP contribution is 2.17. The Labute approximate surface area is 123 Å². The number of hydrogen-bond donors (Lipinski definition) is 0. The van der Waals surface area contributed by atoms with E-state index in [1.54, 1.807) is 24.3 Å². The van der Waals surface area contributed by atoms with E-state index in [0.29, 0.717) is 11.5 Å². The van der Waals surface area contributed by atoms with Crippen molar-refractivity contribution in [1.82, 2.24) is 0 Å². The van der Waals surface area contributed by atoms with Gasteiger partial charge in [0.05, 0.1) is 4.90 Å². The molecule has 0 N–H and O–H groups in total. The van der Waals surface area contributed by atoms with Crippen molar-refractivity contribution in [2.75, 3.05) is 19.5 Å². The Hall–Kier alpha value is -2.08. The molecule has 112 valence electrons. The lowest BCUT2D eigenvalue weighted by atomic mass is 10.3. The Morgan fingerprint density at radius 1 is 0.952 bits per heavy atom. The Morgan fingerprint density at radius 2 is 1.52 bits per heavy atom. The van der Waals surface area contributed by atoms with Crippen molar-refractivity contribution in [2.24, 2.45) is 0 Å². The van der Waals surface area contributed by atoms with Crippen molar-refractivity contribution in [3.63, 3.8) is 0 Å². The van der Waals surface area contributed by atoms with Gasteiger partial charge in [-0.15, -0.1) is 0 Å². The Morgan fingerprint density at radius 3 is 2.10 bits per heavy atom. The molecule has 0 unspecified atom stereocenters. The van der Waals surface area contributed by atoms with Gasteiger partial charge in [0, 0.05) is 12.3 Å². The van der Waals surface area contributed by atoms with E-state index in [-0.39, 0.29) is 23.9 Å². The van der Waals surface area contributed by atoms with Crippen LogP contribution in [0.15, 0.2) is 53.4 Å². The maximum absolute atomic E-state index is 12.9. The molecule has 0 saturated carbocycles. The van der Waals surface area contributed by atoms with Crippen LogP contribution in [0, 0.1) is 5.82 Å². The standard InChI is InChI=1S/C15H15FO4S/c1-21(17,18)15-7-3-6-14(11-15)20-9-8-19-13-5-2-4-12(16)10-13/h2-7,10-11H,8-9H2,1H3. The highest BCUT2D eigenvalue weighted by atomic mass is 32.2. The lowest BCUT2D eigenvalue weighted by Gasteiger charge is -2.09. The molecule has 0 aromatic heterocycles. The predicted octanol–water partition coefficient (Wildman–Crippen LogP) is 2.69. The summed E-state index contributed by atoms with van der Waals surface area (Å²) >= 11 is 0. The third kappa shape index (κ3) is 4.75. The van der Waals surface area contributed by atoms with Gasteiger partial charge in [-0.3, -0.25) is 0 Å². The van der Waals surface area contributed by atoms with Crippen molar-refractivity contribution >= 4 is 9.84 Å². The van der Waals surface area contributed by atoms with Crippen molar-refractivity contribution in [3.05, 3.63) is 54.3 Å². The molecule has 0 radical (unpaired) electrons. The second kappa shape index (κ2) is 6.58. The van der Waals surface area contributed by atoms with Crippen LogP contribution in [0.3, 0.4) is 0 Å². The van der Waals surface area contributed by atoms with Gasteiger partial charge < -0.3 is 9.47 Å². The molecule has 0 amide bonds. The van der Waals surface area contributed by atoms with Gasteiger partial charge in [-0.05, 0) is 30.3 Å². The largest absolute Gasteiger partial charge is 0.490 e. The maximum atomic E-state index is 12.9. The molecule has 0 fully saturated rings. The number of halogens is 1. The fourth-order valence-electron chi connectivity index (χ4n) is 1.67. The van der Waals surface area contributed by atoms with Crippen LogP contribution in [-0.4, -0.2) is 27.9 Å². The van der Waals surface area contributed by atoms with Gasteiger partial charge in [-0.25, -0.2) is 12.8 Å². The molecule has 2 aromatic rings. The fourth-order valence-corrected chi connectivity index (χ4v) is 2.33. The number of rotatable bonds is 6. The molecule has 0 bridgehead atoms. The summed E-state index contributed by atoms with van der Waals surface area (Å²) in [6, 6.07) is 12.1. The minimum absolute atomic E-state index is 0.200. The van der Waals surface area contributed by atoms with Crippen molar-refractivity contribution in [3.8, 4) is 11.5 Å². The Bertz CT molecular complexity index is 713. The van der Waals surface area contributed by atoms with Gasteiger partial charge in [0.1, 0.15) is 30.5 Å². The molecule has 0 aliphatic heterocycles. The summed E-state index contributed by atoms with van der Waals surface area (Å²) in [6.45, 7) is 0.455. The van der Waals surface area contributed by atoms with E-state index in [9.17, 15) is 12.8 Å². The molecule has 0 atom stereocenters. The first-order valence-electron chi connectivity index (χ1n) is 6.26. The van der Waals surface area contributed by atoms with Crippen LogP contribution in [0.5, 0.6) is 11.5 Å². The van der Waals surface area contributed by atoms with E-state index < -0.39 is 9.84 Å². The summed E-state index contributed by atoms with van der Waals surface area (Å²) in [5.74, 6) is 0.499. The number of benzene rings is 2. The van der Waals surface area contributed by atoms with E-state index in [2.05, 4.69) is 0 Å². The van der Waals surface area contributed by atoms with E-state index >= 15 is 0 Å². The second-order valence-corrected chi connectivity index (χ2v) is 6.42. The van der Waals surface area contributed by atoms with E-state index in [1.165, 1.54) is 24.3 Å². The monoisotopic (exact) mass is 310 g/mol. The van der Waals surface area contributed by atoms with Gasteiger partial charge in [0.2, 0.25) is 0 Å². The topological polar surface area (TPSA) is 52.6 Å². The normalized spacial score (nSPS) is 11.1. The van der Waals surface area contributed by atoms with E-state index in [4.69, 9.17) is 9.47 Å². The van der Waals surface area contributed by atoms with Gasteiger partial charge >= 0.3 is 0 Å². The summed E-state index contributed by atoms with van der Waals surface area (Å²) in [4.78, 5) is 0.200. The molecular formula is C15H15FO4S. The summed E-state index contributed by atoms with van der Waals surface area (Å²) < 4.78 is 46.5. The molecule has 0 saturated heterocycles. The molecule has 2 rings (SSSR count). The Kier molecular flexibility index (Phi) is 4.80. The summed E-state index contributed by atoms with van der Waals surface area (Å²) in [5, 5.41) is 0. The maximum Gasteiger partial charge on any atom is 0.175 e. The fraction of sp³-hybridized carbons (Fsp3) is 0.200. The summed E-state index contributed by atoms with van der Waals surface area (Å²) in [7, 11) is -3.26. The average Bonchev–Trinajstić information content (AvgIpc) is 2.43. The molecule has 6 heteroatoms. The minimum atomic E-state index is -3.26. The Balaban J connectivity index is 1.87. The molecule has 2 aromatic carbocycles. The third-order valence-electron chi connectivity index (χ3n) is 2.65. The number of ether oxygens (including phenoxy) is 2. The highest BCUT2D eigenvalue weighted by molar-refractivity contribution is 7.90. The molecular weight excluding hydrogens is 295 g/mol. The molecule has 21 heavy (non-hydrogen) atoms. The summed E-state index contributed by atoms with van der Waals surface area (Å²) in [6.07, 6.45) is 1.14. The van der Waals surface area contributed by atoms with E-state index in [1.807, 2.05) is 0 Å². The zero-order valence-electron chi connectivity index (χ0n) is 11.5. The van der Waals surface area contributed by atoms with Crippen LogP contribution in [0.4, 0.5) is 4.39 Å². The van der Waals surface area contributed by atoms with Crippen LogP contribution in [-0.2, 0) is 9.84 Å². The zero-order chi connectivity index (χ0) is 15.3. The van der Waals surface area contributed by atoms with Crippen LogP contribution in [0.25, 0.3) is 0 Å². The minimum Gasteiger partial charge on any atom is -0.490 e. The van der Waals surface area contributed by atoms with Gasteiger partial charge in [-0.2, -0.15) is 0 Å². The average molecular weight is 310 g/mol.